The molecule has 0 aliphatic heterocycles. The van der Waals surface area contributed by atoms with Gasteiger partial charge in [-0.1, -0.05) is 6.07 Å². The highest BCUT2D eigenvalue weighted by atomic mass is 31.2. The van der Waals surface area contributed by atoms with Crippen molar-refractivity contribution in [1.29, 1.82) is 0 Å². The molecule has 0 aliphatic rings. The van der Waals surface area contributed by atoms with E-state index in [1.807, 2.05) is 6.92 Å². The maximum atomic E-state index is 10.7. The summed E-state index contributed by atoms with van der Waals surface area (Å²) in [7, 11) is -4.04. The van der Waals surface area contributed by atoms with Crippen LogP contribution in [0, 0.1) is 0 Å². The smallest absolute Gasteiger partial charge is 0.331 e. The number of nitrogens with zero attached hydrogens (tertiary/aromatic N) is 1. The summed E-state index contributed by atoms with van der Waals surface area (Å²) in [6, 6.07) is 5.07. The molecule has 0 saturated carbocycles. The van der Waals surface area contributed by atoms with Gasteiger partial charge in [0.25, 0.3) is 0 Å². The predicted molar refractivity (Wildman–Crippen MR) is 55.3 cm³/mol. The fourth-order valence-electron chi connectivity index (χ4n) is 1.12. The zero-order chi connectivity index (χ0) is 11.3. The molecule has 0 aromatic carbocycles. The van der Waals surface area contributed by atoms with Crippen LogP contribution < -0.4 is 0 Å². The molecule has 1 aromatic rings. The second-order valence-corrected chi connectivity index (χ2v) is 4.73. The van der Waals surface area contributed by atoms with Crippen LogP contribution in [0.4, 0.5) is 0 Å². The minimum atomic E-state index is -4.04. The molecule has 1 heterocycles. The second-order valence-electron chi connectivity index (χ2n) is 3.08. The van der Waals surface area contributed by atoms with Crippen LogP contribution in [-0.4, -0.2) is 21.4 Å². The third kappa shape index (κ3) is 5.04. The van der Waals surface area contributed by atoms with E-state index in [1.54, 1.807) is 18.2 Å². The lowest BCUT2D eigenvalue weighted by atomic mass is 10.3. The van der Waals surface area contributed by atoms with Crippen molar-refractivity contribution in [3.8, 4) is 0 Å². The van der Waals surface area contributed by atoms with Gasteiger partial charge < -0.3 is 14.5 Å². The summed E-state index contributed by atoms with van der Waals surface area (Å²) in [6.45, 7) is 2.83. The number of ether oxygens (including phenoxy) is 1. The fraction of sp³-hybridized carbons (Fsp3) is 0.444. The van der Waals surface area contributed by atoms with Crippen molar-refractivity contribution in [1.82, 2.24) is 4.98 Å². The van der Waals surface area contributed by atoms with Crippen LogP contribution in [0.25, 0.3) is 0 Å². The molecular formula is C9H14NO4P. The van der Waals surface area contributed by atoms with Gasteiger partial charge in [-0.2, -0.15) is 0 Å². The largest absolute Gasteiger partial charge is 0.375 e. The lowest BCUT2D eigenvalue weighted by Gasteiger charge is -2.05. The molecule has 0 fully saturated rings. The molecule has 0 bridgehead atoms. The Labute approximate surface area is 88.3 Å². The lowest BCUT2D eigenvalue weighted by Crippen LogP contribution is -1.98. The summed E-state index contributed by atoms with van der Waals surface area (Å²) < 4.78 is 15.9. The summed E-state index contributed by atoms with van der Waals surface area (Å²) in [5, 5.41) is 0. The van der Waals surface area contributed by atoms with Gasteiger partial charge in [-0.15, -0.1) is 0 Å². The van der Waals surface area contributed by atoms with E-state index in [2.05, 4.69) is 4.98 Å². The maximum Gasteiger partial charge on any atom is 0.331 e. The molecule has 0 aliphatic carbocycles. The van der Waals surface area contributed by atoms with Gasteiger partial charge in [0, 0.05) is 6.61 Å². The van der Waals surface area contributed by atoms with E-state index in [1.165, 1.54) is 0 Å². The Morgan fingerprint density at radius 1 is 1.40 bits per heavy atom. The first-order valence-electron chi connectivity index (χ1n) is 4.58. The number of hydrogen-bond donors (Lipinski definition) is 2. The van der Waals surface area contributed by atoms with Gasteiger partial charge in [-0.3, -0.25) is 9.55 Å². The van der Waals surface area contributed by atoms with Gasteiger partial charge in [0.05, 0.1) is 24.2 Å². The van der Waals surface area contributed by atoms with Crippen molar-refractivity contribution >= 4 is 7.60 Å². The van der Waals surface area contributed by atoms with Crippen molar-refractivity contribution in [2.75, 3.05) is 6.61 Å². The second kappa shape index (κ2) is 5.37. The highest BCUT2D eigenvalue weighted by molar-refractivity contribution is 7.50. The third-order valence-electron chi connectivity index (χ3n) is 1.69. The van der Waals surface area contributed by atoms with Crippen molar-refractivity contribution < 1.29 is 19.1 Å². The van der Waals surface area contributed by atoms with E-state index >= 15 is 0 Å². The lowest BCUT2D eigenvalue weighted by molar-refractivity contribution is 0.131. The van der Waals surface area contributed by atoms with Crippen LogP contribution in [0.5, 0.6) is 0 Å². The van der Waals surface area contributed by atoms with Crippen molar-refractivity contribution in [2.45, 2.75) is 19.7 Å². The molecular weight excluding hydrogens is 217 g/mol. The Balaban J connectivity index is 2.70. The first-order chi connectivity index (χ1) is 7.01. The third-order valence-corrected chi connectivity index (χ3v) is 2.42. The highest BCUT2D eigenvalue weighted by Gasteiger charge is 2.14. The molecule has 6 heteroatoms. The molecule has 1 rings (SSSR count). The molecule has 84 valence electrons. The van der Waals surface area contributed by atoms with Gasteiger partial charge in [0.1, 0.15) is 0 Å². The predicted octanol–water partition coefficient (Wildman–Crippen LogP) is 1.30. The Kier molecular flexibility index (Phi) is 4.42. The van der Waals surface area contributed by atoms with Crippen LogP contribution in [0.1, 0.15) is 18.3 Å². The van der Waals surface area contributed by atoms with Crippen molar-refractivity contribution in [3.63, 3.8) is 0 Å². The van der Waals surface area contributed by atoms with Gasteiger partial charge in [0.2, 0.25) is 0 Å². The van der Waals surface area contributed by atoms with Gasteiger partial charge in [-0.05, 0) is 19.1 Å². The van der Waals surface area contributed by atoms with Crippen molar-refractivity contribution in [2.24, 2.45) is 0 Å². The first kappa shape index (κ1) is 12.3. The number of pyridine rings is 1. The van der Waals surface area contributed by atoms with Crippen molar-refractivity contribution in [3.05, 3.63) is 29.6 Å². The number of aromatic nitrogens is 1. The summed E-state index contributed by atoms with van der Waals surface area (Å²) >= 11 is 0. The van der Waals surface area contributed by atoms with E-state index in [9.17, 15) is 4.57 Å². The highest BCUT2D eigenvalue weighted by Crippen LogP contribution is 2.38. The van der Waals surface area contributed by atoms with E-state index in [0.717, 1.165) is 0 Å². The summed E-state index contributed by atoms with van der Waals surface area (Å²) in [5.41, 5.74) is 1.07. The maximum absolute atomic E-state index is 10.7. The SMILES string of the molecule is CCOCc1cccc(CP(=O)(O)O)n1. The van der Waals surface area contributed by atoms with Gasteiger partial charge in [0.15, 0.2) is 0 Å². The molecule has 0 atom stereocenters. The van der Waals surface area contributed by atoms with Crippen LogP contribution in [0.3, 0.4) is 0 Å². The summed E-state index contributed by atoms with van der Waals surface area (Å²) in [6.07, 6.45) is -0.326. The van der Waals surface area contributed by atoms with Gasteiger partial charge in [-0.25, -0.2) is 0 Å². The van der Waals surface area contributed by atoms with Gasteiger partial charge >= 0.3 is 7.60 Å². The van der Waals surface area contributed by atoms with Crippen LogP contribution in [0.15, 0.2) is 18.2 Å². The number of rotatable bonds is 5. The van der Waals surface area contributed by atoms with Crippen LogP contribution in [0.2, 0.25) is 0 Å². The number of hydrogen-bond acceptors (Lipinski definition) is 3. The Morgan fingerprint density at radius 3 is 2.67 bits per heavy atom. The van der Waals surface area contributed by atoms with E-state index in [0.29, 0.717) is 24.6 Å². The normalized spacial score (nSPS) is 11.7. The monoisotopic (exact) mass is 231 g/mol. The molecule has 0 radical (unpaired) electrons. The van der Waals surface area contributed by atoms with E-state index < -0.39 is 7.60 Å². The Hall–Kier alpha value is -0.740. The fourth-order valence-corrected chi connectivity index (χ4v) is 1.71. The standard InChI is InChI=1S/C9H14NO4P/c1-2-14-6-8-4-3-5-9(10-8)7-15(11,12)13/h3-5H,2,6-7H2,1H3,(H2,11,12,13). The molecule has 0 amide bonds. The average molecular weight is 231 g/mol. The Bertz CT molecular complexity index is 363. The topological polar surface area (TPSA) is 79.7 Å². The Morgan fingerprint density at radius 2 is 2.07 bits per heavy atom. The quantitative estimate of drug-likeness (QED) is 0.746. The first-order valence-corrected chi connectivity index (χ1v) is 6.38. The molecule has 5 nitrogen and oxygen atoms in total. The van der Waals surface area contributed by atoms with Crippen LogP contribution >= 0.6 is 7.60 Å². The average Bonchev–Trinajstić information content (AvgIpc) is 2.12. The molecule has 15 heavy (non-hydrogen) atoms. The zero-order valence-electron chi connectivity index (χ0n) is 8.46. The minimum Gasteiger partial charge on any atom is -0.375 e. The van der Waals surface area contributed by atoms with E-state index in [4.69, 9.17) is 14.5 Å². The molecule has 0 saturated heterocycles. The molecule has 1 aromatic heterocycles. The summed E-state index contributed by atoms with van der Waals surface area (Å²) in [4.78, 5) is 21.6. The molecule has 2 N–H and O–H groups in total. The summed E-state index contributed by atoms with van der Waals surface area (Å²) in [5.74, 6) is 0. The zero-order valence-corrected chi connectivity index (χ0v) is 9.35. The van der Waals surface area contributed by atoms with E-state index in [-0.39, 0.29) is 6.16 Å². The molecule has 0 unspecified atom stereocenters. The molecule has 0 spiro atoms. The van der Waals surface area contributed by atoms with Crippen LogP contribution in [-0.2, 0) is 22.1 Å². The minimum absolute atomic E-state index is 0.326.